The van der Waals surface area contributed by atoms with Crippen molar-refractivity contribution < 1.29 is 32.6 Å². The van der Waals surface area contributed by atoms with Crippen LogP contribution in [0.5, 0.6) is 5.75 Å². The maximum Gasteiger partial charge on any atom is 0.341 e. The SMILES string of the molecule is CCCCC(NS(=O)(=O)c1cc(Cl)cc(C(=O)OC)c1OC)C(=O)O. The highest BCUT2D eigenvalue weighted by Crippen LogP contribution is 2.32. The van der Waals surface area contributed by atoms with Gasteiger partial charge in [-0.2, -0.15) is 4.72 Å². The number of carbonyl (C=O) groups excluding carboxylic acids is 1. The number of aliphatic carboxylic acids is 1. The van der Waals surface area contributed by atoms with E-state index in [1.54, 1.807) is 0 Å². The van der Waals surface area contributed by atoms with Crippen molar-refractivity contribution in [1.29, 1.82) is 0 Å². The molecule has 1 atom stereocenters. The minimum Gasteiger partial charge on any atom is -0.494 e. The summed E-state index contributed by atoms with van der Waals surface area (Å²) in [6.07, 6.45) is 1.36. The van der Waals surface area contributed by atoms with Crippen LogP contribution in [-0.2, 0) is 19.6 Å². The van der Waals surface area contributed by atoms with Gasteiger partial charge in [0, 0.05) is 5.02 Å². The predicted molar refractivity (Wildman–Crippen MR) is 90.6 cm³/mol. The van der Waals surface area contributed by atoms with Gasteiger partial charge in [-0.1, -0.05) is 31.4 Å². The van der Waals surface area contributed by atoms with Crippen molar-refractivity contribution in [2.45, 2.75) is 37.1 Å². The highest BCUT2D eigenvalue weighted by molar-refractivity contribution is 7.89. The van der Waals surface area contributed by atoms with E-state index in [4.69, 9.17) is 16.3 Å². The average molecular weight is 394 g/mol. The number of esters is 1. The summed E-state index contributed by atoms with van der Waals surface area (Å²) < 4.78 is 37.0. The molecule has 25 heavy (non-hydrogen) atoms. The van der Waals surface area contributed by atoms with Crippen LogP contribution in [0.4, 0.5) is 0 Å². The molecule has 140 valence electrons. The van der Waals surface area contributed by atoms with Crippen LogP contribution >= 0.6 is 11.6 Å². The fourth-order valence-electron chi connectivity index (χ4n) is 2.13. The summed E-state index contributed by atoms with van der Waals surface area (Å²) in [7, 11) is -2.01. The minimum atomic E-state index is -4.31. The first-order chi connectivity index (χ1) is 11.7. The van der Waals surface area contributed by atoms with Crippen LogP contribution in [0.1, 0.15) is 36.5 Å². The zero-order valence-corrected chi connectivity index (χ0v) is 15.6. The van der Waals surface area contributed by atoms with Crippen LogP contribution in [0.3, 0.4) is 0 Å². The number of methoxy groups -OCH3 is 2. The molecule has 0 aliphatic carbocycles. The van der Waals surface area contributed by atoms with Crippen LogP contribution in [0, 0.1) is 0 Å². The van der Waals surface area contributed by atoms with E-state index >= 15 is 0 Å². The summed E-state index contributed by atoms with van der Waals surface area (Å²) in [4.78, 5) is 22.7. The Kier molecular flexibility index (Phi) is 7.65. The summed E-state index contributed by atoms with van der Waals surface area (Å²) in [5, 5.41) is 9.17. The number of ether oxygens (including phenoxy) is 2. The zero-order valence-electron chi connectivity index (χ0n) is 14.0. The molecule has 1 unspecified atom stereocenters. The second-order valence-corrected chi connectivity index (χ2v) is 7.25. The lowest BCUT2D eigenvalue weighted by atomic mass is 10.1. The number of halogens is 1. The number of rotatable bonds is 9. The van der Waals surface area contributed by atoms with Crippen LogP contribution in [0.15, 0.2) is 17.0 Å². The van der Waals surface area contributed by atoms with Gasteiger partial charge in [-0.15, -0.1) is 0 Å². The summed E-state index contributed by atoms with van der Waals surface area (Å²) >= 11 is 5.90. The van der Waals surface area contributed by atoms with Crippen molar-refractivity contribution in [3.63, 3.8) is 0 Å². The van der Waals surface area contributed by atoms with Gasteiger partial charge < -0.3 is 14.6 Å². The maximum atomic E-state index is 12.6. The number of carbonyl (C=O) groups is 2. The molecular weight excluding hydrogens is 374 g/mol. The third-order valence-corrected chi connectivity index (χ3v) is 5.06. The molecule has 0 spiro atoms. The Morgan fingerprint density at radius 1 is 1.32 bits per heavy atom. The van der Waals surface area contributed by atoms with Gasteiger partial charge in [0.1, 0.15) is 16.5 Å². The molecule has 0 saturated heterocycles. The molecule has 0 fully saturated rings. The number of hydrogen-bond donors (Lipinski definition) is 2. The molecule has 0 aliphatic heterocycles. The first-order valence-corrected chi connectivity index (χ1v) is 9.25. The standard InChI is InChI=1S/C15H20ClNO7S/c1-4-5-6-11(14(18)19)17-25(21,22)12-8-9(16)7-10(13(12)23-2)15(20)24-3/h7-8,11,17H,4-6H2,1-3H3,(H,18,19). The number of carboxylic acid groups (broad SMARTS) is 1. The minimum absolute atomic E-state index is 0.0398. The average Bonchev–Trinajstić information content (AvgIpc) is 2.56. The van der Waals surface area contributed by atoms with Crippen molar-refractivity contribution in [3.8, 4) is 5.75 Å². The second kappa shape index (κ2) is 9.02. The lowest BCUT2D eigenvalue weighted by molar-refractivity contribution is -0.139. The Morgan fingerprint density at radius 3 is 2.44 bits per heavy atom. The number of hydrogen-bond acceptors (Lipinski definition) is 6. The Bertz CT molecular complexity index is 748. The number of sulfonamides is 1. The smallest absolute Gasteiger partial charge is 0.341 e. The molecule has 1 rings (SSSR count). The van der Waals surface area contributed by atoms with Gasteiger partial charge in [0.15, 0.2) is 5.75 Å². The van der Waals surface area contributed by atoms with Gasteiger partial charge in [0.25, 0.3) is 0 Å². The van der Waals surface area contributed by atoms with E-state index in [1.165, 1.54) is 13.2 Å². The van der Waals surface area contributed by atoms with Gasteiger partial charge >= 0.3 is 11.9 Å². The van der Waals surface area contributed by atoms with Crippen LogP contribution in [0.25, 0.3) is 0 Å². The number of nitrogens with one attached hydrogen (secondary N) is 1. The van der Waals surface area contributed by atoms with Crippen molar-refractivity contribution in [1.82, 2.24) is 4.72 Å². The molecule has 0 saturated carbocycles. The van der Waals surface area contributed by atoms with E-state index in [9.17, 15) is 23.1 Å². The summed E-state index contributed by atoms with van der Waals surface area (Å²) in [5.74, 6) is -2.41. The van der Waals surface area contributed by atoms with E-state index in [-0.39, 0.29) is 22.8 Å². The Labute approximate surface area is 151 Å². The number of benzene rings is 1. The Balaban J connectivity index is 3.39. The largest absolute Gasteiger partial charge is 0.494 e. The lowest BCUT2D eigenvalue weighted by Crippen LogP contribution is -2.40. The van der Waals surface area contributed by atoms with Crippen molar-refractivity contribution in [2.75, 3.05) is 14.2 Å². The van der Waals surface area contributed by atoms with E-state index in [2.05, 4.69) is 9.46 Å². The van der Waals surface area contributed by atoms with Gasteiger partial charge in [-0.25, -0.2) is 13.2 Å². The first kappa shape index (κ1) is 21.2. The van der Waals surface area contributed by atoms with Crippen molar-refractivity contribution in [3.05, 3.63) is 22.7 Å². The maximum absolute atomic E-state index is 12.6. The third-order valence-electron chi connectivity index (χ3n) is 3.36. The summed E-state index contributed by atoms with van der Waals surface area (Å²) in [6.45, 7) is 1.86. The molecule has 8 nitrogen and oxygen atoms in total. The predicted octanol–water partition coefficient (Wildman–Crippen LogP) is 2.06. The highest BCUT2D eigenvalue weighted by atomic mass is 35.5. The molecule has 10 heteroatoms. The molecule has 2 N–H and O–H groups in total. The molecular formula is C15H20ClNO7S. The van der Waals surface area contributed by atoms with Crippen molar-refractivity contribution in [2.24, 2.45) is 0 Å². The monoisotopic (exact) mass is 393 g/mol. The highest BCUT2D eigenvalue weighted by Gasteiger charge is 2.30. The van der Waals surface area contributed by atoms with Gasteiger partial charge in [-0.3, -0.25) is 4.79 Å². The van der Waals surface area contributed by atoms with Crippen LogP contribution in [0.2, 0.25) is 5.02 Å². The van der Waals surface area contributed by atoms with E-state index in [0.717, 1.165) is 13.2 Å². The molecule has 0 amide bonds. The fraction of sp³-hybridized carbons (Fsp3) is 0.467. The topological polar surface area (TPSA) is 119 Å². The molecule has 0 aliphatic rings. The third kappa shape index (κ3) is 5.32. The van der Waals surface area contributed by atoms with Crippen LogP contribution < -0.4 is 9.46 Å². The number of carboxylic acids is 1. The van der Waals surface area contributed by atoms with Crippen LogP contribution in [-0.4, -0.2) is 45.7 Å². The molecule has 0 radical (unpaired) electrons. The Morgan fingerprint density at radius 2 is 1.96 bits per heavy atom. The molecule has 0 aromatic heterocycles. The van der Waals surface area contributed by atoms with E-state index in [1.807, 2.05) is 6.92 Å². The fourth-order valence-corrected chi connectivity index (χ4v) is 3.85. The molecule has 1 aromatic carbocycles. The zero-order chi connectivity index (χ0) is 19.2. The lowest BCUT2D eigenvalue weighted by Gasteiger charge is -2.17. The Hall–Kier alpha value is -1.84. The van der Waals surface area contributed by atoms with Crippen molar-refractivity contribution >= 4 is 33.6 Å². The summed E-state index contributed by atoms with van der Waals surface area (Å²) in [5.41, 5.74) is -0.182. The van der Waals surface area contributed by atoms with Gasteiger partial charge in [0.05, 0.1) is 14.2 Å². The van der Waals surface area contributed by atoms with Gasteiger partial charge in [0.2, 0.25) is 10.0 Å². The van der Waals surface area contributed by atoms with E-state index in [0.29, 0.717) is 12.8 Å². The second-order valence-electron chi connectivity index (χ2n) is 5.13. The van der Waals surface area contributed by atoms with Gasteiger partial charge in [-0.05, 0) is 18.6 Å². The summed E-state index contributed by atoms with van der Waals surface area (Å²) in [6, 6.07) is 0.973. The normalized spacial score (nSPS) is 12.5. The molecule has 0 bridgehead atoms. The quantitative estimate of drug-likeness (QED) is 0.616. The van der Waals surface area contributed by atoms with E-state index < -0.39 is 32.9 Å². The molecule has 0 heterocycles. The molecule has 1 aromatic rings. The first-order valence-electron chi connectivity index (χ1n) is 7.38. The number of unbranched alkanes of at least 4 members (excludes halogenated alkanes) is 1.